The van der Waals surface area contributed by atoms with Crippen molar-refractivity contribution in [3.05, 3.63) is 59.2 Å². The lowest BCUT2D eigenvalue weighted by Crippen LogP contribution is -2.22. The summed E-state index contributed by atoms with van der Waals surface area (Å²) in [6.45, 7) is 2.06. The van der Waals surface area contributed by atoms with E-state index in [0.29, 0.717) is 12.2 Å². The van der Waals surface area contributed by atoms with Crippen LogP contribution in [0.4, 0.5) is 0 Å². The number of ether oxygens (including phenoxy) is 2. The molecular weight excluding hydrogens is 252 g/mol. The van der Waals surface area contributed by atoms with Crippen LogP contribution in [0.25, 0.3) is 0 Å². The Hall–Kier alpha value is -2.29. The summed E-state index contributed by atoms with van der Waals surface area (Å²) in [5.74, 6) is 1.17. The summed E-state index contributed by atoms with van der Waals surface area (Å²) in [6, 6.07) is 13.7. The van der Waals surface area contributed by atoms with Gasteiger partial charge < -0.3 is 9.47 Å². The van der Waals surface area contributed by atoms with Crippen LogP contribution >= 0.6 is 0 Å². The quantitative estimate of drug-likeness (QED) is 0.618. The van der Waals surface area contributed by atoms with Gasteiger partial charge in [-0.15, -0.1) is 0 Å². The Morgan fingerprint density at radius 1 is 1.15 bits per heavy atom. The van der Waals surface area contributed by atoms with E-state index in [9.17, 15) is 4.79 Å². The van der Waals surface area contributed by atoms with E-state index in [0.717, 1.165) is 16.9 Å². The van der Waals surface area contributed by atoms with Crippen LogP contribution in [-0.2, 0) is 4.79 Å². The van der Waals surface area contributed by atoms with Crippen LogP contribution in [0.5, 0.6) is 11.5 Å². The van der Waals surface area contributed by atoms with E-state index in [1.807, 2.05) is 30.3 Å². The summed E-state index contributed by atoms with van der Waals surface area (Å²) in [4.78, 5) is 11.9. The van der Waals surface area contributed by atoms with Gasteiger partial charge >= 0.3 is 5.97 Å². The Kier molecular flexibility index (Phi) is 3.18. The molecule has 3 heteroatoms. The van der Waals surface area contributed by atoms with E-state index in [-0.39, 0.29) is 11.9 Å². The number of esters is 1. The van der Waals surface area contributed by atoms with E-state index < -0.39 is 0 Å². The number of carbonyl (C=O) groups excluding carboxylic acids is 1. The second-order valence-electron chi connectivity index (χ2n) is 4.96. The molecule has 2 aromatic carbocycles. The molecular formula is C17H16O3. The third-order valence-corrected chi connectivity index (χ3v) is 3.75. The van der Waals surface area contributed by atoms with Gasteiger partial charge in [0.05, 0.1) is 13.5 Å². The Balaban J connectivity index is 2.19. The highest BCUT2D eigenvalue weighted by Gasteiger charge is 2.31. The van der Waals surface area contributed by atoms with E-state index in [2.05, 4.69) is 19.1 Å². The molecule has 0 N–H and O–H groups in total. The first kappa shape index (κ1) is 12.7. The zero-order valence-corrected chi connectivity index (χ0v) is 11.6. The van der Waals surface area contributed by atoms with Crippen LogP contribution in [0.3, 0.4) is 0 Å². The summed E-state index contributed by atoms with van der Waals surface area (Å²) in [5.41, 5.74) is 3.28. The normalized spacial score (nSPS) is 17.3. The topological polar surface area (TPSA) is 35.5 Å². The van der Waals surface area contributed by atoms with Gasteiger partial charge in [-0.1, -0.05) is 30.3 Å². The van der Waals surface area contributed by atoms with E-state index in [1.165, 1.54) is 5.56 Å². The summed E-state index contributed by atoms with van der Waals surface area (Å²) in [6.07, 6.45) is 0.345. The second-order valence-corrected chi connectivity index (χ2v) is 4.96. The van der Waals surface area contributed by atoms with Crippen LogP contribution < -0.4 is 9.47 Å². The van der Waals surface area contributed by atoms with Gasteiger partial charge in [0.15, 0.2) is 0 Å². The van der Waals surface area contributed by atoms with Crippen molar-refractivity contribution in [2.75, 3.05) is 7.11 Å². The van der Waals surface area contributed by atoms with Gasteiger partial charge in [-0.25, -0.2) is 0 Å². The predicted octanol–water partition coefficient (Wildman–Crippen LogP) is 3.44. The van der Waals surface area contributed by atoms with Gasteiger partial charge in [-0.2, -0.15) is 0 Å². The molecule has 0 amide bonds. The van der Waals surface area contributed by atoms with Gasteiger partial charge in [0.1, 0.15) is 11.5 Å². The molecule has 0 aliphatic carbocycles. The first-order valence-corrected chi connectivity index (χ1v) is 6.64. The summed E-state index contributed by atoms with van der Waals surface area (Å²) < 4.78 is 10.8. The fraction of sp³-hybridized carbons (Fsp3) is 0.235. The Bertz CT molecular complexity index is 661. The molecule has 0 radical (unpaired) electrons. The van der Waals surface area contributed by atoms with Crippen LogP contribution in [0.2, 0.25) is 0 Å². The third kappa shape index (κ3) is 2.05. The largest absolute Gasteiger partial charge is 0.496 e. The monoisotopic (exact) mass is 268 g/mol. The Labute approximate surface area is 118 Å². The molecule has 1 atom stereocenters. The molecule has 0 bridgehead atoms. The number of aryl methyl sites for hydroxylation is 1. The summed E-state index contributed by atoms with van der Waals surface area (Å²) in [7, 11) is 1.64. The SMILES string of the molecule is COc1cccc2c1[C@H](c1ccccc1C)CC(=O)O2. The smallest absolute Gasteiger partial charge is 0.312 e. The number of rotatable bonds is 2. The van der Waals surface area contributed by atoms with Crippen LogP contribution in [0, 0.1) is 6.92 Å². The van der Waals surface area contributed by atoms with Gasteiger partial charge in [0, 0.05) is 11.5 Å². The minimum absolute atomic E-state index is 0.0106. The van der Waals surface area contributed by atoms with Crippen molar-refractivity contribution in [1.82, 2.24) is 0 Å². The lowest BCUT2D eigenvalue weighted by Gasteiger charge is -2.27. The fourth-order valence-electron chi connectivity index (χ4n) is 2.81. The van der Waals surface area contributed by atoms with Crippen molar-refractivity contribution in [3.63, 3.8) is 0 Å². The lowest BCUT2D eigenvalue weighted by atomic mass is 9.84. The average molecular weight is 268 g/mol. The highest BCUT2D eigenvalue weighted by Crippen LogP contribution is 2.44. The molecule has 0 unspecified atom stereocenters. The minimum Gasteiger partial charge on any atom is -0.496 e. The van der Waals surface area contributed by atoms with E-state index in [1.54, 1.807) is 7.11 Å². The van der Waals surface area contributed by atoms with Crippen molar-refractivity contribution < 1.29 is 14.3 Å². The molecule has 20 heavy (non-hydrogen) atoms. The maximum atomic E-state index is 11.9. The molecule has 1 heterocycles. The molecule has 0 saturated heterocycles. The number of benzene rings is 2. The second kappa shape index (κ2) is 5.00. The van der Waals surface area contributed by atoms with Crippen molar-refractivity contribution in [1.29, 1.82) is 0 Å². The average Bonchev–Trinajstić information content (AvgIpc) is 2.46. The number of hydrogen-bond acceptors (Lipinski definition) is 3. The van der Waals surface area contributed by atoms with Crippen LogP contribution in [0.15, 0.2) is 42.5 Å². The predicted molar refractivity (Wildman–Crippen MR) is 76.3 cm³/mol. The number of hydrogen-bond donors (Lipinski definition) is 0. The van der Waals surface area contributed by atoms with Crippen LogP contribution in [0.1, 0.15) is 29.0 Å². The molecule has 0 saturated carbocycles. The highest BCUT2D eigenvalue weighted by molar-refractivity contribution is 5.78. The first-order valence-electron chi connectivity index (χ1n) is 6.64. The summed E-state index contributed by atoms with van der Waals surface area (Å²) >= 11 is 0. The zero-order valence-electron chi connectivity index (χ0n) is 11.6. The number of carbonyl (C=O) groups is 1. The molecule has 0 spiro atoms. The molecule has 3 nitrogen and oxygen atoms in total. The van der Waals surface area contributed by atoms with Crippen molar-refractivity contribution in [2.45, 2.75) is 19.3 Å². The zero-order chi connectivity index (χ0) is 14.1. The van der Waals surface area contributed by atoms with E-state index >= 15 is 0 Å². The molecule has 3 rings (SSSR count). The number of fused-ring (bicyclic) bond motifs is 1. The van der Waals surface area contributed by atoms with Gasteiger partial charge in [-0.05, 0) is 30.2 Å². The van der Waals surface area contributed by atoms with E-state index in [4.69, 9.17) is 9.47 Å². The number of methoxy groups -OCH3 is 1. The van der Waals surface area contributed by atoms with Crippen LogP contribution in [-0.4, -0.2) is 13.1 Å². The fourth-order valence-corrected chi connectivity index (χ4v) is 2.81. The van der Waals surface area contributed by atoms with Gasteiger partial charge in [-0.3, -0.25) is 4.79 Å². The van der Waals surface area contributed by atoms with Gasteiger partial charge in [0.25, 0.3) is 0 Å². The molecule has 0 aromatic heterocycles. The standard InChI is InChI=1S/C17H16O3/c1-11-6-3-4-7-12(11)13-10-16(18)20-15-9-5-8-14(19-2)17(13)15/h3-9,13H,10H2,1-2H3/t13-/m0/s1. The van der Waals surface area contributed by atoms with Crippen molar-refractivity contribution in [3.8, 4) is 11.5 Å². The third-order valence-electron chi connectivity index (χ3n) is 3.75. The highest BCUT2D eigenvalue weighted by atomic mass is 16.5. The van der Waals surface area contributed by atoms with Crippen molar-refractivity contribution in [2.24, 2.45) is 0 Å². The van der Waals surface area contributed by atoms with Crippen molar-refractivity contribution >= 4 is 5.97 Å². The summed E-state index contributed by atoms with van der Waals surface area (Å²) in [5, 5.41) is 0. The maximum absolute atomic E-state index is 11.9. The minimum atomic E-state index is -0.195. The van der Waals surface area contributed by atoms with Gasteiger partial charge in [0.2, 0.25) is 0 Å². The first-order chi connectivity index (χ1) is 9.70. The Morgan fingerprint density at radius 3 is 2.70 bits per heavy atom. The molecule has 2 aromatic rings. The Morgan fingerprint density at radius 2 is 1.95 bits per heavy atom. The maximum Gasteiger partial charge on any atom is 0.312 e. The molecule has 0 fully saturated rings. The molecule has 1 aliphatic rings. The molecule has 102 valence electrons. The lowest BCUT2D eigenvalue weighted by molar-refractivity contribution is -0.135. The molecule has 1 aliphatic heterocycles.